The third-order valence-electron chi connectivity index (χ3n) is 6.32. The van der Waals surface area contributed by atoms with E-state index in [9.17, 15) is 19.8 Å². The first-order chi connectivity index (χ1) is 17.7. The van der Waals surface area contributed by atoms with E-state index in [0.29, 0.717) is 43.4 Å². The predicted molar refractivity (Wildman–Crippen MR) is 133 cm³/mol. The molecule has 13 heteroatoms. The summed E-state index contributed by atoms with van der Waals surface area (Å²) in [5, 5.41) is 33.0. The lowest BCUT2D eigenvalue weighted by molar-refractivity contribution is -0.137. The molecule has 1 saturated heterocycles. The number of aliphatic hydroxyl groups excluding tert-OH is 2. The molecule has 198 valence electrons. The molecule has 1 aliphatic heterocycles. The fourth-order valence-corrected chi connectivity index (χ4v) is 4.32. The summed E-state index contributed by atoms with van der Waals surface area (Å²) in [4.78, 5) is 34.7. The van der Waals surface area contributed by atoms with Crippen molar-refractivity contribution >= 4 is 34.8 Å². The zero-order valence-electron chi connectivity index (χ0n) is 20.2. The lowest BCUT2D eigenvalue weighted by atomic mass is 10.0. The van der Waals surface area contributed by atoms with Gasteiger partial charge in [0, 0.05) is 19.4 Å². The number of aliphatic carboxylic acids is 1. The van der Waals surface area contributed by atoms with Crippen LogP contribution in [0.2, 0.25) is 0 Å². The number of benzene rings is 1. The van der Waals surface area contributed by atoms with Crippen molar-refractivity contribution in [2.24, 2.45) is 5.73 Å². The van der Waals surface area contributed by atoms with Gasteiger partial charge in [-0.1, -0.05) is 24.3 Å². The molecule has 13 nitrogen and oxygen atoms in total. The predicted octanol–water partition coefficient (Wildman–Crippen LogP) is 0.355. The van der Waals surface area contributed by atoms with Gasteiger partial charge in [0.1, 0.15) is 17.7 Å². The first-order valence-corrected chi connectivity index (χ1v) is 12.1. The summed E-state index contributed by atoms with van der Waals surface area (Å²) in [5.41, 5.74) is 14.0. The Hall–Kier alpha value is -3.81. The number of hydrogen-bond donors (Lipinski definition) is 6. The number of nitrogen functional groups attached to an aromatic ring is 1. The Bertz CT molecular complexity index is 1250. The third-order valence-corrected chi connectivity index (χ3v) is 6.32. The zero-order chi connectivity index (χ0) is 26.5. The van der Waals surface area contributed by atoms with Crippen molar-refractivity contribution in [2.75, 3.05) is 17.6 Å². The molecule has 3 heterocycles. The van der Waals surface area contributed by atoms with Crippen molar-refractivity contribution in [3.05, 3.63) is 41.7 Å². The number of ether oxygens (including phenoxy) is 1. The quantitative estimate of drug-likeness (QED) is 0.194. The van der Waals surface area contributed by atoms with Gasteiger partial charge in [0.25, 0.3) is 0 Å². The maximum absolute atomic E-state index is 11.0. The number of aliphatic hydroxyl groups is 2. The number of carboxylic acids is 1. The lowest BCUT2D eigenvalue weighted by Crippen LogP contribution is -2.31. The number of amides is 1. The number of carbonyl (C=O) groups excluding carboxylic acids is 1. The van der Waals surface area contributed by atoms with E-state index in [-0.39, 0.29) is 24.6 Å². The summed E-state index contributed by atoms with van der Waals surface area (Å²) in [6.45, 7) is 0.511. The average molecular weight is 514 g/mol. The molecule has 2 aromatic heterocycles. The average Bonchev–Trinajstić information content (AvgIpc) is 3.40. The molecule has 0 saturated carbocycles. The molecule has 0 bridgehead atoms. The van der Waals surface area contributed by atoms with Crippen LogP contribution in [0.4, 0.5) is 11.8 Å². The normalized spacial score (nSPS) is 21.4. The molecule has 0 aliphatic carbocycles. The van der Waals surface area contributed by atoms with Gasteiger partial charge in [0.2, 0.25) is 11.9 Å². The Morgan fingerprint density at radius 3 is 2.43 bits per heavy atom. The van der Waals surface area contributed by atoms with Gasteiger partial charge in [0.15, 0.2) is 17.7 Å². The highest BCUT2D eigenvalue weighted by Gasteiger charge is 2.44. The van der Waals surface area contributed by atoms with E-state index in [1.807, 2.05) is 24.3 Å². The molecule has 1 fully saturated rings. The van der Waals surface area contributed by atoms with E-state index in [4.69, 9.17) is 21.3 Å². The molecular weight excluding hydrogens is 482 g/mol. The SMILES string of the molecule is NC(=O)CCC[C@H]1O[C@@H](n2cnc3c(N)nc(NCCc4ccc(CCC(=O)O)cc4)nc32)C(O)C1O. The number of carbonyl (C=O) groups is 2. The molecule has 8 N–H and O–H groups in total. The standard InChI is InChI=1S/C24H31N7O6/c25-16(32)3-1-2-15-19(35)20(36)23(37-15)31-12-28-18-21(26)29-24(30-22(18)31)27-11-10-14-6-4-13(5-7-14)8-9-17(33)34/h4-7,12,15,19-20,23,35-36H,1-3,8-11H2,(H2,25,32)(H,33,34)(H3,26,27,29,30)/t15-,19?,20?,23-/m1/s1. The van der Waals surface area contributed by atoms with Crippen LogP contribution in [-0.2, 0) is 27.2 Å². The van der Waals surface area contributed by atoms with Crippen LogP contribution in [0.5, 0.6) is 0 Å². The van der Waals surface area contributed by atoms with E-state index in [0.717, 1.165) is 11.1 Å². The number of imidazole rings is 1. The number of aryl methyl sites for hydroxylation is 1. The summed E-state index contributed by atoms with van der Waals surface area (Å²) in [5.74, 6) is -0.836. The molecule has 0 spiro atoms. The van der Waals surface area contributed by atoms with Gasteiger partial charge >= 0.3 is 5.97 Å². The Kier molecular flexibility index (Phi) is 8.16. The smallest absolute Gasteiger partial charge is 0.303 e. The molecular formula is C24H31N7O6. The van der Waals surface area contributed by atoms with Gasteiger partial charge in [-0.3, -0.25) is 14.2 Å². The van der Waals surface area contributed by atoms with Crippen LogP contribution in [0.1, 0.15) is 43.0 Å². The number of nitrogens with zero attached hydrogens (tertiary/aromatic N) is 4. The Morgan fingerprint density at radius 2 is 1.76 bits per heavy atom. The van der Waals surface area contributed by atoms with Gasteiger partial charge in [-0.25, -0.2) is 4.98 Å². The van der Waals surface area contributed by atoms with E-state index < -0.39 is 36.4 Å². The number of aromatic nitrogens is 4. The molecule has 37 heavy (non-hydrogen) atoms. The fourth-order valence-electron chi connectivity index (χ4n) is 4.32. The van der Waals surface area contributed by atoms with Gasteiger partial charge < -0.3 is 36.8 Å². The zero-order valence-corrected chi connectivity index (χ0v) is 20.2. The number of primary amides is 1. The first kappa shape index (κ1) is 26.3. The lowest BCUT2D eigenvalue weighted by Gasteiger charge is -2.17. The largest absolute Gasteiger partial charge is 0.481 e. The fraction of sp³-hybridized carbons (Fsp3) is 0.458. The molecule has 1 aromatic carbocycles. The van der Waals surface area contributed by atoms with Crippen LogP contribution in [0.15, 0.2) is 30.6 Å². The summed E-state index contributed by atoms with van der Waals surface area (Å²) in [6, 6.07) is 7.74. The molecule has 2 unspecified atom stereocenters. The van der Waals surface area contributed by atoms with Crippen molar-refractivity contribution in [1.29, 1.82) is 0 Å². The second-order valence-electron chi connectivity index (χ2n) is 9.05. The monoisotopic (exact) mass is 513 g/mol. The summed E-state index contributed by atoms with van der Waals surface area (Å²) in [6.07, 6.45) is -0.384. The van der Waals surface area contributed by atoms with Crippen molar-refractivity contribution in [3.8, 4) is 0 Å². The van der Waals surface area contributed by atoms with Crippen molar-refractivity contribution in [2.45, 2.75) is 63.1 Å². The second kappa shape index (κ2) is 11.5. The molecule has 4 rings (SSSR count). The number of fused-ring (bicyclic) bond motifs is 1. The van der Waals surface area contributed by atoms with E-state index in [1.54, 1.807) is 0 Å². The highest BCUT2D eigenvalue weighted by Crippen LogP contribution is 2.34. The van der Waals surface area contributed by atoms with E-state index >= 15 is 0 Å². The minimum absolute atomic E-state index is 0.0938. The summed E-state index contributed by atoms with van der Waals surface area (Å²) >= 11 is 0. The first-order valence-electron chi connectivity index (χ1n) is 12.1. The number of nitrogens with two attached hydrogens (primary N) is 2. The van der Waals surface area contributed by atoms with Crippen LogP contribution in [0.25, 0.3) is 11.2 Å². The van der Waals surface area contributed by atoms with Gasteiger partial charge in [0.05, 0.1) is 12.4 Å². The number of rotatable bonds is 12. The highest BCUT2D eigenvalue weighted by molar-refractivity contribution is 5.83. The minimum atomic E-state index is -1.23. The minimum Gasteiger partial charge on any atom is -0.481 e. The topological polar surface area (TPSA) is 212 Å². The number of carboxylic acid groups (broad SMARTS) is 1. The Balaban J connectivity index is 1.41. The van der Waals surface area contributed by atoms with Gasteiger partial charge in [-0.15, -0.1) is 0 Å². The van der Waals surface area contributed by atoms with Crippen LogP contribution >= 0.6 is 0 Å². The van der Waals surface area contributed by atoms with Crippen LogP contribution < -0.4 is 16.8 Å². The number of nitrogens with one attached hydrogen (secondary N) is 1. The Morgan fingerprint density at radius 1 is 1.05 bits per heavy atom. The van der Waals surface area contributed by atoms with Crippen LogP contribution in [0, 0.1) is 0 Å². The van der Waals surface area contributed by atoms with Crippen molar-refractivity contribution in [3.63, 3.8) is 0 Å². The second-order valence-corrected chi connectivity index (χ2v) is 9.05. The third kappa shape index (κ3) is 6.31. The van der Waals surface area contributed by atoms with Crippen molar-refractivity contribution in [1.82, 2.24) is 19.5 Å². The van der Waals surface area contributed by atoms with Crippen molar-refractivity contribution < 1.29 is 29.6 Å². The van der Waals surface area contributed by atoms with Crippen LogP contribution in [-0.4, -0.2) is 71.6 Å². The molecule has 3 aromatic rings. The van der Waals surface area contributed by atoms with Crippen LogP contribution in [0.3, 0.4) is 0 Å². The molecule has 0 radical (unpaired) electrons. The maximum atomic E-state index is 11.0. The molecule has 1 amide bonds. The number of hydrogen-bond acceptors (Lipinski definition) is 10. The summed E-state index contributed by atoms with van der Waals surface area (Å²) < 4.78 is 7.41. The number of anilines is 2. The highest BCUT2D eigenvalue weighted by atomic mass is 16.6. The maximum Gasteiger partial charge on any atom is 0.303 e. The molecule has 4 atom stereocenters. The van der Waals surface area contributed by atoms with Gasteiger partial charge in [-0.2, -0.15) is 9.97 Å². The summed E-state index contributed by atoms with van der Waals surface area (Å²) in [7, 11) is 0. The van der Waals surface area contributed by atoms with Gasteiger partial charge in [-0.05, 0) is 36.8 Å². The van der Waals surface area contributed by atoms with E-state index in [1.165, 1.54) is 10.9 Å². The Labute approximate surface area is 212 Å². The van der Waals surface area contributed by atoms with E-state index in [2.05, 4.69) is 20.3 Å². The molecule has 1 aliphatic rings.